The average molecular weight is 336 g/mol. The van der Waals surface area contributed by atoms with Crippen LogP contribution in [0.1, 0.15) is 53.1 Å². The van der Waals surface area contributed by atoms with E-state index in [0.29, 0.717) is 0 Å². The fourth-order valence-electron chi connectivity index (χ4n) is 2.40. The van der Waals surface area contributed by atoms with Gasteiger partial charge in [0.2, 0.25) is 5.91 Å². The van der Waals surface area contributed by atoms with Gasteiger partial charge in [-0.15, -0.1) is 0 Å². The van der Waals surface area contributed by atoms with Crippen LogP contribution in [0.4, 0.5) is 4.39 Å². The summed E-state index contributed by atoms with van der Waals surface area (Å²) in [5.41, 5.74) is 0.624. The Morgan fingerprint density at radius 1 is 1.08 bits per heavy atom. The fourth-order valence-corrected chi connectivity index (χ4v) is 2.40. The van der Waals surface area contributed by atoms with Crippen molar-refractivity contribution >= 4 is 12.2 Å². The number of benzene rings is 1. The molecule has 1 N–H and O–H groups in total. The standard InChI is InChI=1S/C14H19FN2O.C5H10O/c1-14(2,3)13-16-11(12(18)17(13)4)9-5-7-10(15)8-6-9;1-5(2,3)4-6/h5-8,11,13,16H,1-4H3;4H,1-3H3/t11?,13-;/m1./s1. The van der Waals surface area contributed by atoms with E-state index in [1.165, 1.54) is 12.1 Å². The van der Waals surface area contributed by atoms with Gasteiger partial charge in [0, 0.05) is 12.5 Å². The summed E-state index contributed by atoms with van der Waals surface area (Å²) in [6, 6.07) is 5.71. The van der Waals surface area contributed by atoms with Gasteiger partial charge in [0.25, 0.3) is 0 Å². The highest BCUT2D eigenvalue weighted by Crippen LogP contribution is 2.31. The monoisotopic (exact) mass is 336 g/mol. The summed E-state index contributed by atoms with van der Waals surface area (Å²) in [6.07, 6.45) is 0.924. The molecule has 2 rings (SSSR count). The Morgan fingerprint density at radius 2 is 1.54 bits per heavy atom. The molecule has 1 aliphatic rings. The molecule has 1 saturated heterocycles. The maximum absolute atomic E-state index is 12.9. The maximum atomic E-state index is 12.9. The Hall–Kier alpha value is -1.75. The number of hydrogen-bond acceptors (Lipinski definition) is 3. The molecule has 1 aliphatic heterocycles. The zero-order valence-electron chi connectivity index (χ0n) is 15.7. The van der Waals surface area contributed by atoms with Crippen LogP contribution in [0.15, 0.2) is 24.3 Å². The molecule has 5 heteroatoms. The normalized spacial score (nSPS) is 21.3. The summed E-state index contributed by atoms with van der Waals surface area (Å²) in [5.74, 6) is -0.258. The molecular weight excluding hydrogens is 307 g/mol. The van der Waals surface area contributed by atoms with Gasteiger partial charge in [-0.05, 0) is 23.1 Å². The Balaban J connectivity index is 0.000000413. The lowest BCUT2D eigenvalue weighted by Gasteiger charge is -2.32. The van der Waals surface area contributed by atoms with E-state index in [0.717, 1.165) is 11.8 Å². The van der Waals surface area contributed by atoms with E-state index in [-0.39, 0.29) is 34.8 Å². The third kappa shape index (κ3) is 5.41. The zero-order chi connectivity index (χ0) is 18.7. The molecular formula is C19H29FN2O2. The number of amides is 1. The van der Waals surface area contributed by atoms with Crippen LogP contribution in [0.5, 0.6) is 0 Å². The highest BCUT2D eigenvalue weighted by atomic mass is 19.1. The molecule has 0 saturated carbocycles. The van der Waals surface area contributed by atoms with Gasteiger partial charge >= 0.3 is 0 Å². The summed E-state index contributed by atoms with van der Waals surface area (Å²) in [5, 5.41) is 3.32. The second-order valence-electron chi connectivity index (χ2n) is 8.35. The van der Waals surface area contributed by atoms with Crippen LogP contribution < -0.4 is 5.32 Å². The molecule has 0 aliphatic carbocycles. The second-order valence-corrected chi connectivity index (χ2v) is 8.35. The van der Waals surface area contributed by atoms with Gasteiger partial charge in [-0.2, -0.15) is 0 Å². The second kappa shape index (κ2) is 7.43. The van der Waals surface area contributed by atoms with Crippen LogP contribution in [-0.2, 0) is 9.59 Å². The number of aldehydes is 1. The van der Waals surface area contributed by atoms with Crippen LogP contribution >= 0.6 is 0 Å². The topological polar surface area (TPSA) is 49.4 Å². The van der Waals surface area contributed by atoms with Gasteiger partial charge in [-0.3, -0.25) is 10.1 Å². The maximum Gasteiger partial charge on any atom is 0.245 e. The molecule has 134 valence electrons. The predicted octanol–water partition coefficient (Wildman–Crippen LogP) is 3.53. The van der Waals surface area contributed by atoms with Crippen molar-refractivity contribution in [3.05, 3.63) is 35.6 Å². The van der Waals surface area contributed by atoms with Crippen molar-refractivity contribution in [3.8, 4) is 0 Å². The van der Waals surface area contributed by atoms with Crippen molar-refractivity contribution in [1.29, 1.82) is 0 Å². The van der Waals surface area contributed by atoms with E-state index >= 15 is 0 Å². The highest BCUT2D eigenvalue weighted by molar-refractivity contribution is 5.85. The number of hydrogen-bond donors (Lipinski definition) is 1. The largest absolute Gasteiger partial charge is 0.328 e. The zero-order valence-corrected chi connectivity index (χ0v) is 15.7. The first-order chi connectivity index (χ1) is 10.9. The Morgan fingerprint density at radius 3 is 1.88 bits per heavy atom. The van der Waals surface area contributed by atoms with Gasteiger partial charge in [-0.1, -0.05) is 53.7 Å². The molecule has 1 heterocycles. The first kappa shape index (κ1) is 20.3. The van der Waals surface area contributed by atoms with E-state index in [4.69, 9.17) is 0 Å². The molecule has 1 unspecified atom stereocenters. The van der Waals surface area contributed by atoms with Gasteiger partial charge < -0.3 is 9.69 Å². The molecule has 1 aromatic rings. The summed E-state index contributed by atoms with van der Waals surface area (Å²) >= 11 is 0. The number of carbonyl (C=O) groups is 2. The van der Waals surface area contributed by atoms with Gasteiger partial charge in [0.1, 0.15) is 18.1 Å². The minimum Gasteiger partial charge on any atom is -0.328 e. The van der Waals surface area contributed by atoms with E-state index in [9.17, 15) is 14.0 Å². The van der Waals surface area contributed by atoms with Crippen molar-refractivity contribution in [2.24, 2.45) is 10.8 Å². The van der Waals surface area contributed by atoms with Crippen molar-refractivity contribution in [3.63, 3.8) is 0 Å². The number of nitrogens with one attached hydrogen (secondary N) is 1. The third-order valence-corrected chi connectivity index (χ3v) is 3.68. The Labute approximate surface area is 144 Å². The summed E-state index contributed by atoms with van der Waals surface area (Å²) in [6.45, 7) is 11.9. The first-order valence-electron chi connectivity index (χ1n) is 8.11. The summed E-state index contributed by atoms with van der Waals surface area (Å²) in [7, 11) is 1.80. The highest BCUT2D eigenvalue weighted by Gasteiger charge is 2.42. The van der Waals surface area contributed by atoms with Crippen LogP contribution in [0.25, 0.3) is 0 Å². The van der Waals surface area contributed by atoms with Gasteiger partial charge in [0.05, 0.1) is 6.17 Å². The molecule has 0 aromatic heterocycles. The molecule has 1 aromatic carbocycles. The third-order valence-electron chi connectivity index (χ3n) is 3.68. The van der Waals surface area contributed by atoms with Crippen molar-refractivity contribution in [2.75, 3.05) is 7.05 Å². The number of likely N-dealkylation sites (N-methyl/N-ethyl adjacent to an activating group) is 1. The number of nitrogens with zero attached hydrogens (tertiary/aromatic N) is 1. The smallest absolute Gasteiger partial charge is 0.245 e. The van der Waals surface area contributed by atoms with Gasteiger partial charge in [-0.25, -0.2) is 4.39 Å². The number of rotatable bonds is 1. The van der Waals surface area contributed by atoms with E-state index in [1.54, 1.807) is 24.1 Å². The molecule has 24 heavy (non-hydrogen) atoms. The molecule has 0 bridgehead atoms. The summed E-state index contributed by atoms with van der Waals surface area (Å²) < 4.78 is 12.9. The first-order valence-corrected chi connectivity index (χ1v) is 8.11. The lowest BCUT2D eigenvalue weighted by molar-refractivity contribution is -0.129. The molecule has 4 nitrogen and oxygen atoms in total. The van der Waals surface area contributed by atoms with E-state index in [1.807, 2.05) is 20.8 Å². The lowest BCUT2D eigenvalue weighted by Crippen LogP contribution is -2.44. The predicted molar refractivity (Wildman–Crippen MR) is 93.8 cm³/mol. The lowest BCUT2D eigenvalue weighted by atomic mass is 9.92. The molecule has 1 fully saturated rings. The van der Waals surface area contributed by atoms with Crippen molar-refractivity contribution < 1.29 is 14.0 Å². The van der Waals surface area contributed by atoms with Crippen molar-refractivity contribution in [2.45, 2.75) is 53.8 Å². The Kier molecular flexibility index (Phi) is 6.28. The molecule has 1 amide bonds. The Bertz CT molecular complexity index is 571. The van der Waals surface area contributed by atoms with Crippen molar-refractivity contribution in [1.82, 2.24) is 10.2 Å². The van der Waals surface area contributed by atoms with E-state index in [2.05, 4.69) is 26.1 Å². The van der Waals surface area contributed by atoms with Crippen LogP contribution in [0, 0.1) is 16.6 Å². The minimum atomic E-state index is -0.375. The quantitative estimate of drug-likeness (QED) is 0.798. The average Bonchev–Trinajstić information content (AvgIpc) is 2.76. The molecule has 2 atom stereocenters. The van der Waals surface area contributed by atoms with E-state index < -0.39 is 0 Å². The van der Waals surface area contributed by atoms with Gasteiger partial charge in [0.15, 0.2) is 0 Å². The van der Waals surface area contributed by atoms with Crippen LogP contribution in [0.3, 0.4) is 0 Å². The fraction of sp³-hybridized carbons (Fsp3) is 0.579. The number of carbonyl (C=O) groups excluding carboxylic acids is 2. The molecule has 0 radical (unpaired) electrons. The molecule has 0 spiro atoms. The number of halogens is 1. The van der Waals surface area contributed by atoms with Crippen LogP contribution in [-0.4, -0.2) is 30.3 Å². The van der Waals surface area contributed by atoms with Crippen LogP contribution in [0.2, 0.25) is 0 Å². The summed E-state index contributed by atoms with van der Waals surface area (Å²) in [4.78, 5) is 23.8. The minimum absolute atomic E-state index is 0.0138. The SMILES string of the molecule is CC(C)(C)C=O.CN1C(=O)C(c2ccc(F)cc2)N[C@H]1C(C)(C)C.